The second-order valence-electron chi connectivity index (χ2n) is 8.79. The number of urea groups is 1. The highest BCUT2D eigenvalue weighted by Gasteiger charge is 2.37. The molecule has 1 saturated heterocycles. The molecule has 3 amide bonds. The third kappa shape index (κ3) is 4.23. The van der Waals surface area contributed by atoms with Gasteiger partial charge in [-0.25, -0.2) is 13.6 Å². The van der Waals surface area contributed by atoms with Gasteiger partial charge in [0.05, 0.1) is 26.3 Å². The highest BCUT2D eigenvalue weighted by Crippen LogP contribution is 2.35. The van der Waals surface area contributed by atoms with Crippen LogP contribution in [0.3, 0.4) is 0 Å². The van der Waals surface area contributed by atoms with Gasteiger partial charge in [-0.05, 0) is 42.0 Å². The van der Waals surface area contributed by atoms with Crippen molar-refractivity contribution in [1.29, 1.82) is 0 Å². The molecule has 2 unspecified atom stereocenters. The molecular weight excluding hydrogens is 470 g/mol. The van der Waals surface area contributed by atoms with Crippen LogP contribution in [0.4, 0.5) is 19.3 Å². The number of benzene rings is 2. The van der Waals surface area contributed by atoms with Crippen LogP contribution in [-0.4, -0.2) is 54.8 Å². The number of carbonyl (C=O) groups excluding carboxylic acids is 2. The molecule has 1 N–H and O–H groups in total. The van der Waals surface area contributed by atoms with E-state index in [0.717, 1.165) is 17.8 Å². The van der Waals surface area contributed by atoms with Crippen molar-refractivity contribution in [3.05, 3.63) is 77.6 Å². The van der Waals surface area contributed by atoms with Crippen LogP contribution in [0.1, 0.15) is 23.7 Å². The van der Waals surface area contributed by atoms with Gasteiger partial charge in [0.15, 0.2) is 23.1 Å². The van der Waals surface area contributed by atoms with E-state index >= 15 is 0 Å². The predicted octanol–water partition coefficient (Wildman–Crippen LogP) is 3.70. The van der Waals surface area contributed by atoms with E-state index < -0.39 is 23.7 Å². The summed E-state index contributed by atoms with van der Waals surface area (Å²) in [5.74, 6) is -0.988. The van der Waals surface area contributed by atoms with E-state index in [-0.39, 0.29) is 18.4 Å². The molecule has 0 radical (unpaired) electrons. The Balaban J connectivity index is 1.35. The summed E-state index contributed by atoms with van der Waals surface area (Å²) in [6.45, 7) is 1.23. The summed E-state index contributed by atoms with van der Waals surface area (Å²) in [4.78, 5) is 29.4. The number of nitrogens with one attached hydrogen (secondary N) is 1. The standard InChI is InChI=1S/C26H26F2N4O4/c1-35-22-8-6-18(14-23(22)36-2)32-15-17(13-24(32)33)29-26(34)31-11-10-30-9-3-4-21(30)25(31)16-5-7-19(27)20(28)12-16/h3-9,12,14,17,25H,10-11,13,15H2,1-2H3,(H,29,34). The molecule has 2 aliphatic rings. The Hall–Kier alpha value is -4.08. The number of carbonyl (C=O) groups is 2. The molecule has 5 rings (SSSR count). The molecule has 36 heavy (non-hydrogen) atoms. The lowest BCUT2D eigenvalue weighted by molar-refractivity contribution is -0.117. The number of ether oxygens (including phenoxy) is 2. The summed E-state index contributed by atoms with van der Waals surface area (Å²) in [7, 11) is 3.06. The number of amides is 3. The third-order valence-corrected chi connectivity index (χ3v) is 6.69. The van der Waals surface area contributed by atoms with Crippen molar-refractivity contribution < 1.29 is 27.8 Å². The average Bonchev–Trinajstić information content (AvgIpc) is 3.50. The molecule has 2 atom stereocenters. The molecule has 2 aromatic carbocycles. The molecule has 10 heteroatoms. The topological polar surface area (TPSA) is 76.0 Å². The monoisotopic (exact) mass is 496 g/mol. The lowest BCUT2D eigenvalue weighted by Crippen LogP contribution is -2.50. The first-order valence-corrected chi connectivity index (χ1v) is 11.6. The van der Waals surface area contributed by atoms with Crippen LogP contribution in [0.15, 0.2) is 54.7 Å². The van der Waals surface area contributed by atoms with Gasteiger partial charge in [0.25, 0.3) is 0 Å². The maximum Gasteiger partial charge on any atom is 0.318 e. The van der Waals surface area contributed by atoms with Gasteiger partial charge in [-0.2, -0.15) is 0 Å². The zero-order valence-corrected chi connectivity index (χ0v) is 19.9. The van der Waals surface area contributed by atoms with E-state index in [4.69, 9.17) is 9.47 Å². The van der Waals surface area contributed by atoms with Gasteiger partial charge in [0.2, 0.25) is 5.91 Å². The van der Waals surface area contributed by atoms with Gasteiger partial charge >= 0.3 is 6.03 Å². The lowest BCUT2D eigenvalue weighted by atomic mass is 10.00. The maximum absolute atomic E-state index is 14.1. The molecular formula is C26H26F2N4O4. The molecule has 0 spiro atoms. The molecule has 0 aliphatic carbocycles. The first kappa shape index (κ1) is 23.7. The quantitative estimate of drug-likeness (QED) is 0.585. The molecule has 8 nitrogen and oxygen atoms in total. The smallest absolute Gasteiger partial charge is 0.318 e. The Bertz CT molecular complexity index is 1310. The lowest BCUT2D eigenvalue weighted by Gasteiger charge is -2.37. The van der Waals surface area contributed by atoms with Crippen LogP contribution in [0.25, 0.3) is 0 Å². The van der Waals surface area contributed by atoms with Crippen molar-refractivity contribution in [3.8, 4) is 11.5 Å². The van der Waals surface area contributed by atoms with E-state index in [1.807, 2.05) is 22.9 Å². The van der Waals surface area contributed by atoms with Crippen LogP contribution in [0.2, 0.25) is 0 Å². The normalized spacial score (nSPS) is 19.3. The van der Waals surface area contributed by atoms with E-state index in [1.54, 1.807) is 28.0 Å². The summed E-state index contributed by atoms with van der Waals surface area (Å²) >= 11 is 0. The predicted molar refractivity (Wildman–Crippen MR) is 128 cm³/mol. The molecule has 188 valence electrons. The largest absolute Gasteiger partial charge is 0.493 e. The van der Waals surface area contributed by atoms with Crippen LogP contribution < -0.4 is 19.7 Å². The number of hydrogen-bond donors (Lipinski definition) is 1. The highest BCUT2D eigenvalue weighted by molar-refractivity contribution is 5.97. The van der Waals surface area contributed by atoms with Crippen LogP contribution in [-0.2, 0) is 11.3 Å². The van der Waals surface area contributed by atoms with Crippen molar-refractivity contribution in [3.63, 3.8) is 0 Å². The molecule has 0 saturated carbocycles. The van der Waals surface area contributed by atoms with Gasteiger partial charge in [-0.15, -0.1) is 0 Å². The fraction of sp³-hybridized carbons (Fsp3) is 0.308. The molecule has 1 aromatic heterocycles. The van der Waals surface area contributed by atoms with Crippen LogP contribution in [0, 0.1) is 11.6 Å². The molecule has 3 aromatic rings. The Labute approximate surface area is 207 Å². The fourth-order valence-corrected chi connectivity index (χ4v) is 4.94. The number of hydrogen-bond acceptors (Lipinski definition) is 4. The Morgan fingerprint density at radius 1 is 1.00 bits per heavy atom. The van der Waals surface area contributed by atoms with Crippen LogP contribution >= 0.6 is 0 Å². The number of halogens is 2. The van der Waals surface area contributed by atoms with E-state index in [1.165, 1.54) is 20.3 Å². The Morgan fingerprint density at radius 3 is 2.56 bits per heavy atom. The van der Waals surface area contributed by atoms with Crippen molar-refractivity contribution in [2.24, 2.45) is 0 Å². The SMILES string of the molecule is COc1ccc(N2CC(NC(=O)N3CCn4cccc4C3c3ccc(F)c(F)c3)CC2=O)cc1OC. The fourth-order valence-electron chi connectivity index (χ4n) is 4.94. The Kier molecular flexibility index (Phi) is 6.26. The summed E-state index contributed by atoms with van der Waals surface area (Å²) in [6, 6.07) is 11.2. The molecule has 2 aliphatic heterocycles. The zero-order chi connectivity index (χ0) is 25.4. The van der Waals surface area contributed by atoms with Gasteiger partial charge < -0.3 is 29.2 Å². The summed E-state index contributed by atoms with van der Waals surface area (Å²) in [5.41, 5.74) is 1.92. The molecule has 3 heterocycles. The van der Waals surface area contributed by atoms with Gasteiger partial charge in [-0.3, -0.25) is 4.79 Å². The van der Waals surface area contributed by atoms with Crippen molar-refractivity contribution in [1.82, 2.24) is 14.8 Å². The number of methoxy groups -OCH3 is 2. The van der Waals surface area contributed by atoms with Crippen molar-refractivity contribution >= 4 is 17.6 Å². The zero-order valence-electron chi connectivity index (χ0n) is 19.9. The van der Waals surface area contributed by atoms with E-state index in [0.29, 0.717) is 42.4 Å². The number of fused-ring (bicyclic) bond motifs is 1. The minimum absolute atomic E-state index is 0.128. The number of rotatable bonds is 5. The molecule has 1 fully saturated rings. The van der Waals surface area contributed by atoms with Crippen molar-refractivity contribution in [2.45, 2.75) is 25.0 Å². The number of aromatic nitrogens is 1. The summed E-state index contributed by atoms with van der Waals surface area (Å²) in [6.07, 6.45) is 2.04. The van der Waals surface area contributed by atoms with Crippen molar-refractivity contribution in [2.75, 3.05) is 32.2 Å². The minimum Gasteiger partial charge on any atom is -0.493 e. The van der Waals surface area contributed by atoms with Gasteiger partial charge in [0.1, 0.15) is 0 Å². The maximum atomic E-state index is 14.1. The van der Waals surface area contributed by atoms with Gasteiger partial charge in [-0.1, -0.05) is 6.07 Å². The van der Waals surface area contributed by atoms with E-state index in [2.05, 4.69) is 5.32 Å². The van der Waals surface area contributed by atoms with Gasteiger partial charge in [0, 0.05) is 49.7 Å². The highest BCUT2D eigenvalue weighted by atomic mass is 19.2. The minimum atomic E-state index is -0.969. The molecule has 0 bridgehead atoms. The first-order chi connectivity index (χ1) is 17.4. The van der Waals surface area contributed by atoms with E-state index in [9.17, 15) is 18.4 Å². The number of nitrogens with zero attached hydrogens (tertiary/aromatic N) is 3. The third-order valence-electron chi connectivity index (χ3n) is 6.69. The first-order valence-electron chi connectivity index (χ1n) is 11.6. The second-order valence-corrected chi connectivity index (χ2v) is 8.79. The van der Waals surface area contributed by atoms with Crippen LogP contribution in [0.5, 0.6) is 11.5 Å². The second kappa shape index (κ2) is 9.52. The summed E-state index contributed by atoms with van der Waals surface area (Å²) < 4.78 is 40.3. The average molecular weight is 497 g/mol. The Morgan fingerprint density at radius 2 is 1.81 bits per heavy atom. The summed E-state index contributed by atoms with van der Waals surface area (Å²) in [5, 5.41) is 2.97. The number of anilines is 1.